The number of amides is 2. The highest BCUT2D eigenvalue weighted by Gasteiger charge is 2.37. The summed E-state index contributed by atoms with van der Waals surface area (Å²) in [6.45, 7) is 0. The third-order valence-corrected chi connectivity index (χ3v) is 5.10. The lowest BCUT2D eigenvalue weighted by molar-refractivity contribution is 0.0925. The number of hydrogen-bond acceptors (Lipinski definition) is 4. The fraction of sp³-hybridized carbons (Fsp3) is 0.0952. The lowest BCUT2D eigenvalue weighted by Crippen LogP contribution is -2.30. The Hall–Kier alpha value is -2.99. The Morgan fingerprint density at radius 1 is 0.926 bits per heavy atom. The Kier molecular flexibility index (Phi) is 4.49. The van der Waals surface area contributed by atoms with Crippen molar-refractivity contribution in [2.45, 2.75) is 5.33 Å². The van der Waals surface area contributed by atoms with Crippen molar-refractivity contribution in [3.05, 3.63) is 77.4 Å². The molecule has 0 N–H and O–H groups in total. The Balaban J connectivity index is 1.77. The third-order valence-electron chi connectivity index (χ3n) is 4.45. The standard InChI is InChI=1S/C21H15BrN2O3/c1-27-18-11-13(12-22)9-10-16(18)17-7-4-8-19(23-17)24-20(25)14-5-2-3-6-15(14)21(24)26/h2-11H,12H2,1H3. The van der Waals surface area contributed by atoms with Gasteiger partial charge in [-0.2, -0.15) is 0 Å². The predicted octanol–water partition coefficient (Wildman–Crippen LogP) is 4.45. The van der Waals surface area contributed by atoms with E-state index in [1.165, 1.54) is 0 Å². The number of carbonyl (C=O) groups excluding carboxylic acids is 2. The molecule has 0 radical (unpaired) electrons. The number of halogens is 1. The van der Waals surface area contributed by atoms with Crippen LogP contribution in [0.2, 0.25) is 0 Å². The van der Waals surface area contributed by atoms with Gasteiger partial charge in [-0.05, 0) is 42.0 Å². The highest BCUT2D eigenvalue weighted by Crippen LogP contribution is 2.33. The molecule has 0 saturated carbocycles. The Bertz CT molecular complexity index is 1030. The third kappa shape index (κ3) is 2.92. The molecule has 0 bridgehead atoms. The second-order valence-electron chi connectivity index (χ2n) is 6.04. The Morgan fingerprint density at radius 2 is 1.63 bits per heavy atom. The first-order valence-electron chi connectivity index (χ1n) is 8.32. The summed E-state index contributed by atoms with van der Waals surface area (Å²) < 4.78 is 5.49. The molecular formula is C21H15BrN2O3. The van der Waals surface area contributed by atoms with Gasteiger partial charge in [0.1, 0.15) is 11.6 Å². The molecule has 1 aliphatic rings. The number of ether oxygens (including phenoxy) is 1. The number of methoxy groups -OCH3 is 1. The van der Waals surface area contributed by atoms with Crippen molar-refractivity contribution in [2.24, 2.45) is 0 Å². The predicted molar refractivity (Wildman–Crippen MR) is 106 cm³/mol. The average molecular weight is 423 g/mol. The van der Waals surface area contributed by atoms with Crippen LogP contribution in [-0.4, -0.2) is 23.9 Å². The zero-order valence-corrected chi connectivity index (χ0v) is 16.1. The number of anilines is 1. The summed E-state index contributed by atoms with van der Waals surface area (Å²) in [5.74, 6) is 0.257. The number of aromatic nitrogens is 1. The van der Waals surface area contributed by atoms with Crippen LogP contribution in [0.3, 0.4) is 0 Å². The molecule has 0 atom stereocenters. The molecule has 2 aromatic carbocycles. The molecule has 0 fully saturated rings. The molecule has 0 spiro atoms. The van der Waals surface area contributed by atoms with Gasteiger partial charge in [0.25, 0.3) is 11.8 Å². The summed E-state index contributed by atoms with van der Waals surface area (Å²) in [6.07, 6.45) is 0. The highest BCUT2D eigenvalue weighted by molar-refractivity contribution is 9.08. The molecule has 5 nitrogen and oxygen atoms in total. The summed E-state index contributed by atoms with van der Waals surface area (Å²) >= 11 is 3.43. The van der Waals surface area contributed by atoms with Crippen LogP contribution in [0.25, 0.3) is 11.3 Å². The Morgan fingerprint density at radius 3 is 2.26 bits per heavy atom. The van der Waals surface area contributed by atoms with Crippen LogP contribution in [0, 0.1) is 0 Å². The number of nitrogens with zero attached hydrogens (tertiary/aromatic N) is 2. The minimum Gasteiger partial charge on any atom is -0.496 e. The first-order valence-corrected chi connectivity index (χ1v) is 9.44. The summed E-state index contributed by atoms with van der Waals surface area (Å²) in [5.41, 5.74) is 3.29. The van der Waals surface area contributed by atoms with Crippen molar-refractivity contribution < 1.29 is 14.3 Å². The van der Waals surface area contributed by atoms with E-state index >= 15 is 0 Å². The smallest absolute Gasteiger partial charge is 0.267 e. The fourth-order valence-corrected chi connectivity index (χ4v) is 3.47. The molecule has 1 aliphatic heterocycles. The topological polar surface area (TPSA) is 59.5 Å². The van der Waals surface area contributed by atoms with E-state index in [9.17, 15) is 9.59 Å². The van der Waals surface area contributed by atoms with Crippen LogP contribution in [0.1, 0.15) is 26.3 Å². The van der Waals surface area contributed by atoms with Crippen LogP contribution >= 0.6 is 15.9 Å². The number of pyridine rings is 1. The van der Waals surface area contributed by atoms with E-state index in [-0.39, 0.29) is 11.8 Å². The van der Waals surface area contributed by atoms with Crippen LogP contribution in [0.15, 0.2) is 60.7 Å². The van der Waals surface area contributed by atoms with Gasteiger partial charge in [-0.25, -0.2) is 9.88 Å². The normalized spacial score (nSPS) is 13.0. The first kappa shape index (κ1) is 17.4. The van der Waals surface area contributed by atoms with Crippen LogP contribution in [0.5, 0.6) is 5.75 Å². The maximum atomic E-state index is 12.7. The summed E-state index contributed by atoms with van der Waals surface area (Å²) in [7, 11) is 1.60. The van der Waals surface area contributed by atoms with Crippen molar-refractivity contribution in [3.8, 4) is 17.0 Å². The number of imide groups is 1. The molecule has 0 aliphatic carbocycles. The summed E-state index contributed by atoms with van der Waals surface area (Å²) in [5, 5.41) is 0.714. The van der Waals surface area contributed by atoms with Gasteiger partial charge >= 0.3 is 0 Å². The lowest BCUT2D eigenvalue weighted by Gasteiger charge is -2.15. The van der Waals surface area contributed by atoms with Crippen LogP contribution in [0.4, 0.5) is 5.82 Å². The van der Waals surface area contributed by atoms with E-state index in [0.29, 0.717) is 33.7 Å². The SMILES string of the molecule is COc1cc(CBr)ccc1-c1cccc(N2C(=O)c3ccccc3C2=O)n1. The van der Waals surface area contributed by atoms with Crippen molar-refractivity contribution in [1.29, 1.82) is 0 Å². The van der Waals surface area contributed by atoms with Crippen molar-refractivity contribution in [2.75, 3.05) is 12.0 Å². The van der Waals surface area contributed by atoms with Gasteiger partial charge in [-0.1, -0.05) is 40.2 Å². The molecular weight excluding hydrogens is 408 g/mol. The van der Waals surface area contributed by atoms with Crippen molar-refractivity contribution >= 4 is 33.6 Å². The average Bonchev–Trinajstić information content (AvgIpc) is 2.98. The van der Waals surface area contributed by atoms with E-state index in [1.807, 2.05) is 24.3 Å². The molecule has 27 heavy (non-hydrogen) atoms. The second kappa shape index (κ2) is 6.96. The molecule has 134 valence electrons. The number of carbonyl (C=O) groups is 2. The van der Waals surface area contributed by atoms with E-state index in [1.54, 1.807) is 43.5 Å². The van der Waals surface area contributed by atoms with Crippen LogP contribution in [-0.2, 0) is 5.33 Å². The van der Waals surface area contributed by atoms with Gasteiger partial charge in [0.15, 0.2) is 0 Å². The number of hydrogen-bond donors (Lipinski definition) is 0. The maximum Gasteiger partial charge on any atom is 0.267 e. The van der Waals surface area contributed by atoms with Crippen LogP contribution < -0.4 is 9.64 Å². The minimum atomic E-state index is -0.359. The lowest BCUT2D eigenvalue weighted by atomic mass is 10.1. The largest absolute Gasteiger partial charge is 0.496 e. The molecule has 2 amide bonds. The number of fused-ring (bicyclic) bond motifs is 1. The van der Waals surface area contributed by atoms with Gasteiger partial charge in [-0.15, -0.1) is 0 Å². The van der Waals surface area contributed by atoms with E-state index in [2.05, 4.69) is 20.9 Å². The number of rotatable bonds is 4. The van der Waals surface area contributed by atoms with Crippen molar-refractivity contribution in [1.82, 2.24) is 4.98 Å². The number of benzene rings is 2. The van der Waals surface area contributed by atoms with Gasteiger partial charge in [-0.3, -0.25) is 9.59 Å². The molecule has 1 aromatic heterocycles. The zero-order valence-electron chi connectivity index (χ0n) is 14.5. The molecule has 4 rings (SSSR count). The fourth-order valence-electron chi connectivity index (χ4n) is 3.13. The van der Waals surface area contributed by atoms with Gasteiger partial charge in [0, 0.05) is 10.9 Å². The van der Waals surface area contributed by atoms with Gasteiger partial charge in [0.2, 0.25) is 0 Å². The second-order valence-corrected chi connectivity index (χ2v) is 6.60. The van der Waals surface area contributed by atoms with Gasteiger partial charge in [0.05, 0.1) is 23.9 Å². The van der Waals surface area contributed by atoms with E-state index in [4.69, 9.17) is 4.74 Å². The van der Waals surface area contributed by atoms with E-state index in [0.717, 1.165) is 16.0 Å². The number of alkyl halides is 1. The molecule has 0 saturated heterocycles. The molecule has 3 aromatic rings. The summed E-state index contributed by atoms with van der Waals surface area (Å²) in [4.78, 5) is 31.1. The quantitative estimate of drug-likeness (QED) is 0.460. The first-order chi connectivity index (χ1) is 13.1. The highest BCUT2D eigenvalue weighted by atomic mass is 79.9. The molecule has 2 heterocycles. The molecule has 0 unspecified atom stereocenters. The monoisotopic (exact) mass is 422 g/mol. The van der Waals surface area contributed by atoms with Gasteiger partial charge < -0.3 is 4.74 Å². The summed E-state index contributed by atoms with van der Waals surface area (Å²) in [6, 6.07) is 17.9. The minimum absolute atomic E-state index is 0.297. The van der Waals surface area contributed by atoms with Crippen molar-refractivity contribution in [3.63, 3.8) is 0 Å². The molecule has 6 heteroatoms. The zero-order chi connectivity index (χ0) is 19.0. The Labute approximate surface area is 164 Å². The maximum absolute atomic E-state index is 12.7. The van der Waals surface area contributed by atoms with E-state index < -0.39 is 0 Å².